The first-order valence-corrected chi connectivity index (χ1v) is 13.6. The number of halogens is 2. The first-order chi connectivity index (χ1) is 13.0. The molecule has 2 fully saturated rings. The van der Waals surface area contributed by atoms with E-state index in [0.717, 1.165) is 43.1 Å². The molecule has 1 unspecified atom stereocenters. The molecule has 0 saturated carbocycles. The van der Waals surface area contributed by atoms with Crippen LogP contribution >= 0.6 is 23.2 Å². The predicted octanol–water partition coefficient (Wildman–Crippen LogP) is 5.75. The van der Waals surface area contributed by atoms with Gasteiger partial charge in [0.25, 0.3) is 0 Å². The molecular formula is C20H32Cl2N2O2Si. The molecule has 2 saturated heterocycles. The summed E-state index contributed by atoms with van der Waals surface area (Å²) in [7, 11) is -1.82. The first-order valence-electron chi connectivity index (χ1n) is 10.3. The van der Waals surface area contributed by atoms with Crippen LogP contribution in [-0.4, -0.2) is 38.1 Å². The molecule has 2 aliphatic heterocycles. The largest absolute Gasteiger partial charge is 0.409 e. The highest BCUT2D eigenvalue weighted by Crippen LogP contribution is 2.43. The van der Waals surface area contributed by atoms with E-state index in [-0.39, 0.29) is 11.7 Å². The highest BCUT2D eigenvalue weighted by Gasteiger charge is 2.45. The van der Waals surface area contributed by atoms with Gasteiger partial charge in [0.05, 0.1) is 27.9 Å². The Morgan fingerprint density at radius 1 is 1.19 bits per heavy atom. The monoisotopic (exact) mass is 430 g/mol. The normalized spacial score (nSPS) is 25.9. The minimum Gasteiger partial charge on any atom is -0.409 e. The topological polar surface area (TPSA) is 43.4 Å². The molecule has 3 rings (SSSR count). The second-order valence-electron chi connectivity index (χ2n) is 8.00. The molecule has 2 aliphatic rings. The number of nitrogens with one attached hydrogen (secondary N) is 1. The van der Waals surface area contributed by atoms with E-state index in [0.29, 0.717) is 22.7 Å². The average Bonchev–Trinajstić information content (AvgIpc) is 3.27. The molecule has 1 atom stereocenters. The number of aromatic nitrogens is 1. The van der Waals surface area contributed by atoms with Crippen LogP contribution in [0.3, 0.4) is 0 Å². The van der Waals surface area contributed by atoms with E-state index < -0.39 is 8.32 Å². The second kappa shape index (κ2) is 9.10. The van der Waals surface area contributed by atoms with Gasteiger partial charge < -0.3 is 14.5 Å². The minimum absolute atomic E-state index is 0.0236. The van der Waals surface area contributed by atoms with Gasteiger partial charge in [0.2, 0.25) is 0 Å². The first kappa shape index (κ1) is 21.5. The van der Waals surface area contributed by atoms with Gasteiger partial charge in [-0.2, -0.15) is 0 Å². The van der Waals surface area contributed by atoms with E-state index in [1.807, 2.05) is 0 Å². The van der Waals surface area contributed by atoms with Crippen molar-refractivity contribution in [3.8, 4) is 0 Å². The van der Waals surface area contributed by atoms with Crippen LogP contribution in [-0.2, 0) is 9.16 Å². The lowest BCUT2D eigenvalue weighted by Gasteiger charge is -2.35. The predicted molar refractivity (Wildman–Crippen MR) is 114 cm³/mol. The Morgan fingerprint density at radius 2 is 1.78 bits per heavy atom. The maximum absolute atomic E-state index is 6.81. The van der Waals surface area contributed by atoms with Gasteiger partial charge >= 0.3 is 0 Å². The van der Waals surface area contributed by atoms with E-state index in [1.165, 1.54) is 12.8 Å². The third kappa shape index (κ3) is 4.70. The molecule has 0 radical (unpaired) electrons. The Balaban J connectivity index is 1.75. The summed E-state index contributed by atoms with van der Waals surface area (Å²) >= 11 is 13.0. The Bertz CT molecular complexity index is 606. The van der Waals surface area contributed by atoms with E-state index >= 15 is 0 Å². The number of fused-ring (bicyclic) bond motifs is 2. The van der Waals surface area contributed by atoms with E-state index in [4.69, 9.17) is 32.4 Å². The Hall–Kier alpha value is -0.173. The smallest absolute Gasteiger partial charge is 0.192 e. The molecular weight excluding hydrogens is 399 g/mol. The standard InChI is InChI=1S/C20H32Cl2N2O2Si/c1-4-27(5-2,6-3)26-18(19-16(21)11-23-12-17(19)22)13-24-14-20-9-7-15(25-20)8-10-20/h11-12,15,18,24H,4-10,13-14H2,1-3H3. The molecule has 0 aliphatic carbocycles. The number of nitrogens with zero attached hydrogens (tertiary/aromatic N) is 1. The van der Waals surface area contributed by atoms with Crippen molar-refractivity contribution >= 4 is 31.5 Å². The fraction of sp³-hybridized carbons (Fsp3) is 0.750. The molecule has 1 aromatic rings. The maximum atomic E-state index is 6.81. The molecule has 7 heteroatoms. The van der Waals surface area contributed by atoms with Crippen molar-refractivity contribution in [1.82, 2.24) is 10.3 Å². The lowest BCUT2D eigenvalue weighted by atomic mass is 9.88. The lowest BCUT2D eigenvalue weighted by molar-refractivity contribution is 0.0123. The van der Waals surface area contributed by atoms with Gasteiger partial charge in [0.15, 0.2) is 8.32 Å². The number of hydrogen-bond acceptors (Lipinski definition) is 4. The Labute approximate surface area is 174 Å². The molecule has 0 amide bonds. The minimum atomic E-state index is -1.82. The fourth-order valence-electron chi connectivity index (χ4n) is 4.59. The zero-order valence-corrected chi connectivity index (χ0v) is 19.2. The molecule has 1 N–H and O–H groups in total. The molecule has 152 valence electrons. The van der Waals surface area contributed by atoms with Crippen molar-refractivity contribution in [3.63, 3.8) is 0 Å². The van der Waals surface area contributed by atoms with Crippen molar-refractivity contribution in [2.24, 2.45) is 0 Å². The summed E-state index contributed by atoms with van der Waals surface area (Å²) in [6.07, 6.45) is 8.34. The van der Waals surface area contributed by atoms with Crippen LogP contribution in [0, 0.1) is 0 Å². The Morgan fingerprint density at radius 3 is 2.26 bits per heavy atom. The van der Waals surface area contributed by atoms with Gasteiger partial charge in [0, 0.05) is 31.0 Å². The SMILES string of the molecule is CC[Si](CC)(CC)OC(CNCC12CCC(CC1)O2)c1c(Cl)cncc1Cl. The van der Waals surface area contributed by atoms with Crippen LogP contribution in [0.1, 0.15) is 58.1 Å². The maximum Gasteiger partial charge on any atom is 0.192 e. The highest BCUT2D eigenvalue weighted by molar-refractivity contribution is 6.73. The number of hydrogen-bond donors (Lipinski definition) is 1. The van der Waals surface area contributed by atoms with Crippen LogP contribution in [0.2, 0.25) is 28.2 Å². The molecule has 3 heterocycles. The third-order valence-corrected chi connectivity index (χ3v) is 11.8. The zero-order valence-electron chi connectivity index (χ0n) is 16.7. The summed E-state index contributed by atoms with van der Waals surface area (Å²) in [5.74, 6) is 0. The second-order valence-corrected chi connectivity index (χ2v) is 13.5. The summed E-state index contributed by atoms with van der Waals surface area (Å²) < 4.78 is 13.0. The zero-order chi connectivity index (χ0) is 19.5. The van der Waals surface area contributed by atoms with Gasteiger partial charge in [-0.1, -0.05) is 44.0 Å². The van der Waals surface area contributed by atoms with Gasteiger partial charge in [-0.3, -0.25) is 4.98 Å². The van der Waals surface area contributed by atoms with Gasteiger partial charge in [0.1, 0.15) is 0 Å². The molecule has 4 nitrogen and oxygen atoms in total. The fourth-order valence-corrected chi connectivity index (χ4v) is 8.00. The number of rotatable bonds is 10. The molecule has 0 aromatic carbocycles. The van der Waals surface area contributed by atoms with Crippen LogP contribution in [0.15, 0.2) is 12.4 Å². The van der Waals surface area contributed by atoms with Gasteiger partial charge in [-0.25, -0.2) is 0 Å². The molecule has 0 spiro atoms. The summed E-state index contributed by atoms with van der Waals surface area (Å²) in [6, 6.07) is 3.27. The summed E-state index contributed by atoms with van der Waals surface area (Å²) in [4.78, 5) is 4.11. The number of pyridine rings is 1. The van der Waals surface area contributed by atoms with Crippen molar-refractivity contribution in [2.45, 2.75) is 82.4 Å². The van der Waals surface area contributed by atoms with E-state index in [1.54, 1.807) is 12.4 Å². The van der Waals surface area contributed by atoms with E-state index in [2.05, 4.69) is 31.1 Å². The van der Waals surface area contributed by atoms with Gasteiger partial charge in [-0.05, 0) is 43.8 Å². The van der Waals surface area contributed by atoms with Crippen molar-refractivity contribution in [1.29, 1.82) is 0 Å². The quantitative estimate of drug-likeness (QED) is 0.479. The summed E-state index contributed by atoms with van der Waals surface area (Å²) in [6.45, 7) is 8.27. The average molecular weight is 431 g/mol. The highest BCUT2D eigenvalue weighted by atomic mass is 35.5. The third-order valence-electron chi connectivity index (χ3n) is 6.58. The number of ether oxygens (including phenoxy) is 1. The summed E-state index contributed by atoms with van der Waals surface area (Å²) in [5, 5.41) is 4.79. The van der Waals surface area contributed by atoms with Crippen molar-refractivity contribution in [3.05, 3.63) is 28.0 Å². The van der Waals surface area contributed by atoms with Crippen LogP contribution < -0.4 is 5.32 Å². The van der Waals surface area contributed by atoms with Crippen molar-refractivity contribution < 1.29 is 9.16 Å². The molecule has 1 aromatic heterocycles. The van der Waals surface area contributed by atoms with Crippen LogP contribution in [0.5, 0.6) is 0 Å². The van der Waals surface area contributed by atoms with E-state index in [9.17, 15) is 0 Å². The summed E-state index contributed by atoms with van der Waals surface area (Å²) in [5.41, 5.74) is 0.887. The van der Waals surface area contributed by atoms with Crippen LogP contribution in [0.4, 0.5) is 0 Å². The van der Waals surface area contributed by atoms with Gasteiger partial charge in [-0.15, -0.1) is 0 Å². The van der Waals surface area contributed by atoms with Crippen LogP contribution in [0.25, 0.3) is 0 Å². The van der Waals surface area contributed by atoms with Crippen molar-refractivity contribution in [2.75, 3.05) is 13.1 Å². The lowest BCUT2D eigenvalue weighted by Crippen LogP contribution is -2.43. The molecule has 2 bridgehead atoms. The Kier molecular flexibility index (Phi) is 7.26. The molecule has 27 heavy (non-hydrogen) atoms.